The van der Waals surface area contributed by atoms with Gasteiger partial charge in [0.25, 0.3) is 0 Å². The van der Waals surface area contributed by atoms with E-state index in [1.807, 2.05) is 6.07 Å². The largest absolute Gasteiger partial charge is 0.489 e. The van der Waals surface area contributed by atoms with Crippen molar-refractivity contribution < 1.29 is 4.74 Å². The number of hydrogen-bond donors (Lipinski definition) is 0. The van der Waals surface area contributed by atoms with E-state index in [0.29, 0.717) is 12.5 Å². The second kappa shape index (κ2) is 6.80. The summed E-state index contributed by atoms with van der Waals surface area (Å²) in [6.07, 6.45) is 5.40. The van der Waals surface area contributed by atoms with Crippen LogP contribution in [0.15, 0.2) is 54.6 Å². The fourth-order valence-electron chi connectivity index (χ4n) is 3.34. The first kappa shape index (κ1) is 14.2. The minimum Gasteiger partial charge on any atom is -0.489 e. The van der Waals surface area contributed by atoms with Gasteiger partial charge in [0.2, 0.25) is 0 Å². The molecule has 110 valence electrons. The molecular weight excluding hydrogens is 256 g/mol. The third-order valence-corrected chi connectivity index (χ3v) is 4.51. The van der Waals surface area contributed by atoms with Crippen LogP contribution in [0.1, 0.15) is 49.7 Å². The minimum atomic E-state index is 0.644. The van der Waals surface area contributed by atoms with E-state index in [1.165, 1.54) is 36.8 Å². The molecule has 1 aliphatic rings. The summed E-state index contributed by atoms with van der Waals surface area (Å²) < 4.78 is 5.95. The Morgan fingerprint density at radius 1 is 1.00 bits per heavy atom. The first-order valence-corrected chi connectivity index (χ1v) is 8.08. The standard InChI is InChI=1S/C20H24O/c1-16-7-5-10-18(13-16)19-11-6-12-20(14-19)21-15-17-8-3-2-4-9-17/h2-4,6,8-9,11-12,14,16,18H,5,7,10,13,15H2,1H3. The van der Waals surface area contributed by atoms with Gasteiger partial charge in [0.05, 0.1) is 0 Å². The summed E-state index contributed by atoms with van der Waals surface area (Å²) >= 11 is 0. The van der Waals surface area contributed by atoms with Crippen LogP contribution in [0.2, 0.25) is 0 Å². The maximum Gasteiger partial charge on any atom is 0.120 e. The van der Waals surface area contributed by atoms with E-state index in [0.717, 1.165) is 11.7 Å². The maximum atomic E-state index is 5.95. The van der Waals surface area contributed by atoms with E-state index in [-0.39, 0.29) is 0 Å². The Kier molecular flexibility index (Phi) is 4.59. The van der Waals surface area contributed by atoms with Crippen LogP contribution in [0.25, 0.3) is 0 Å². The van der Waals surface area contributed by atoms with E-state index in [2.05, 4.69) is 55.5 Å². The number of rotatable bonds is 4. The molecule has 3 rings (SSSR count). The van der Waals surface area contributed by atoms with Crippen molar-refractivity contribution >= 4 is 0 Å². The molecule has 2 unspecified atom stereocenters. The second-order valence-corrected chi connectivity index (χ2v) is 6.32. The third kappa shape index (κ3) is 3.87. The molecule has 1 heteroatoms. The fourth-order valence-corrected chi connectivity index (χ4v) is 3.34. The van der Waals surface area contributed by atoms with Gasteiger partial charge in [-0.15, -0.1) is 0 Å². The van der Waals surface area contributed by atoms with Gasteiger partial charge in [-0.3, -0.25) is 0 Å². The molecule has 1 nitrogen and oxygen atoms in total. The van der Waals surface area contributed by atoms with Crippen molar-refractivity contribution in [3.8, 4) is 5.75 Å². The SMILES string of the molecule is CC1CCCC(c2cccc(OCc3ccccc3)c2)C1. The molecule has 0 N–H and O–H groups in total. The highest BCUT2D eigenvalue weighted by atomic mass is 16.5. The van der Waals surface area contributed by atoms with Crippen molar-refractivity contribution in [3.05, 3.63) is 65.7 Å². The molecule has 0 radical (unpaired) electrons. The van der Waals surface area contributed by atoms with Crippen LogP contribution in [0.5, 0.6) is 5.75 Å². The van der Waals surface area contributed by atoms with Crippen molar-refractivity contribution in [2.24, 2.45) is 5.92 Å². The first-order chi connectivity index (χ1) is 10.3. The van der Waals surface area contributed by atoms with Crippen molar-refractivity contribution in [1.29, 1.82) is 0 Å². The lowest BCUT2D eigenvalue weighted by molar-refractivity contribution is 0.304. The molecule has 0 amide bonds. The highest BCUT2D eigenvalue weighted by Crippen LogP contribution is 2.36. The lowest BCUT2D eigenvalue weighted by atomic mass is 9.79. The summed E-state index contributed by atoms with van der Waals surface area (Å²) in [7, 11) is 0. The van der Waals surface area contributed by atoms with Crippen LogP contribution in [-0.4, -0.2) is 0 Å². The first-order valence-electron chi connectivity index (χ1n) is 8.08. The van der Waals surface area contributed by atoms with Crippen LogP contribution in [0.4, 0.5) is 0 Å². The zero-order valence-corrected chi connectivity index (χ0v) is 12.8. The smallest absolute Gasteiger partial charge is 0.120 e. The van der Waals surface area contributed by atoms with Crippen LogP contribution < -0.4 is 4.74 Å². The quantitative estimate of drug-likeness (QED) is 0.712. The van der Waals surface area contributed by atoms with Gasteiger partial charge in [0.1, 0.15) is 12.4 Å². The van der Waals surface area contributed by atoms with E-state index >= 15 is 0 Å². The van der Waals surface area contributed by atoms with Crippen LogP contribution in [0.3, 0.4) is 0 Å². The average molecular weight is 280 g/mol. The molecule has 0 bridgehead atoms. The monoisotopic (exact) mass is 280 g/mol. The zero-order chi connectivity index (χ0) is 14.5. The normalized spacial score (nSPS) is 22.0. The second-order valence-electron chi connectivity index (χ2n) is 6.32. The number of benzene rings is 2. The molecule has 0 heterocycles. The van der Waals surface area contributed by atoms with Crippen LogP contribution in [0, 0.1) is 5.92 Å². The molecule has 1 saturated carbocycles. The van der Waals surface area contributed by atoms with Gasteiger partial charge in [0, 0.05) is 0 Å². The average Bonchev–Trinajstić information content (AvgIpc) is 2.54. The van der Waals surface area contributed by atoms with Gasteiger partial charge < -0.3 is 4.74 Å². The van der Waals surface area contributed by atoms with Crippen molar-refractivity contribution in [1.82, 2.24) is 0 Å². The lowest BCUT2D eigenvalue weighted by Gasteiger charge is -2.27. The Morgan fingerprint density at radius 3 is 2.67 bits per heavy atom. The van der Waals surface area contributed by atoms with Gasteiger partial charge in [-0.2, -0.15) is 0 Å². The summed E-state index contributed by atoms with van der Waals surface area (Å²) in [5.74, 6) is 2.57. The lowest BCUT2D eigenvalue weighted by Crippen LogP contribution is -2.11. The zero-order valence-electron chi connectivity index (χ0n) is 12.8. The summed E-state index contributed by atoms with van der Waals surface area (Å²) in [6, 6.07) is 19.1. The van der Waals surface area contributed by atoms with Gasteiger partial charge in [-0.25, -0.2) is 0 Å². The Hall–Kier alpha value is -1.76. The van der Waals surface area contributed by atoms with Gasteiger partial charge in [0.15, 0.2) is 0 Å². The van der Waals surface area contributed by atoms with Crippen LogP contribution in [-0.2, 0) is 6.61 Å². The molecule has 0 saturated heterocycles. The summed E-state index contributed by atoms with van der Waals surface area (Å²) in [4.78, 5) is 0. The maximum absolute atomic E-state index is 5.95. The Bertz CT molecular complexity index is 561. The molecule has 0 aliphatic heterocycles. The molecular formula is C20H24O. The molecule has 0 aromatic heterocycles. The Morgan fingerprint density at radius 2 is 1.86 bits per heavy atom. The van der Waals surface area contributed by atoms with Gasteiger partial charge in [-0.1, -0.05) is 62.2 Å². The summed E-state index contributed by atoms with van der Waals surface area (Å²) in [5.41, 5.74) is 2.67. The molecule has 21 heavy (non-hydrogen) atoms. The predicted octanol–water partition coefficient (Wildman–Crippen LogP) is 5.56. The highest BCUT2D eigenvalue weighted by Gasteiger charge is 2.20. The highest BCUT2D eigenvalue weighted by molar-refractivity contribution is 5.31. The Balaban J connectivity index is 1.65. The minimum absolute atomic E-state index is 0.644. The van der Waals surface area contributed by atoms with E-state index in [4.69, 9.17) is 4.74 Å². The topological polar surface area (TPSA) is 9.23 Å². The molecule has 0 spiro atoms. The summed E-state index contributed by atoms with van der Waals surface area (Å²) in [6.45, 7) is 3.02. The third-order valence-electron chi connectivity index (χ3n) is 4.51. The molecule has 1 fully saturated rings. The number of ether oxygens (including phenoxy) is 1. The van der Waals surface area contributed by atoms with E-state index < -0.39 is 0 Å². The van der Waals surface area contributed by atoms with Crippen LogP contribution >= 0.6 is 0 Å². The van der Waals surface area contributed by atoms with Crippen molar-refractivity contribution in [2.45, 2.75) is 45.1 Å². The molecule has 2 atom stereocenters. The predicted molar refractivity (Wildman–Crippen MR) is 87.6 cm³/mol. The van der Waals surface area contributed by atoms with E-state index in [1.54, 1.807) is 0 Å². The van der Waals surface area contributed by atoms with Crippen molar-refractivity contribution in [2.75, 3.05) is 0 Å². The number of hydrogen-bond acceptors (Lipinski definition) is 1. The van der Waals surface area contributed by atoms with E-state index in [9.17, 15) is 0 Å². The molecule has 2 aromatic carbocycles. The molecule has 1 aliphatic carbocycles. The molecule has 2 aromatic rings. The van der Waals surface area contributed by atoms with Crippen molar-refractivity contribution in [3.63, 3.8) is 0 Å². The van der Waals surface area contributed by atoms with Gasteiger partial charge in [-0.05, 0) is 47.9 Å². The fraction of sp³-hybridized carbons (Fsp3) is 0.400. The Labute approximate surface area is 128 Å². The van der Waals surface area contributed by atoms with Gasteiger partial charge >= 0.3 is 0 Å². The summed E-state index contributed by atoms with van der Waals surface area (Å²) in [5, 5.41) is 0.